The summed E-state index contributed by atoms with van der Waals surface area (Å²) in [7, 11) is 0. The molecule has 4 heteroatoms. The van der Waals surface area contributed by atoms with Gasteiger partial charge in [0.25, 0.3) is 0 Å². The summed E-state index contributed by atoms with van der Waals surface area (Å²) >= 11 is 0. The van der Waals surface area contributed by atoms with Crippen molar-refractivity contribution in [2.75, 3.05) is 24.5 Å². The Hall–Kier alpha value is -1.84. The van der Waals surface area contributed by atoms with Gasteiger partial charge in [0.2, 0.25) is 5.91 Å². The molecular formula is C14H18N2O2. The molecule has 1 N–H and O–H groups in total. The molecule has 0 bridgehead atoms. The molecular weight excluding hydrogens is 228 g/mol. The van der Waals surface area contributed by atoms with Crippen molar-refractivity contribution in [2.24, 2.45) is 0 Å². The second kappa shape index (κ2) is 5.67. The number of carbonyl (C=O) groups excluding carboxylic acids is 2. The van der Waals surface area contributed by atoms with E-state index in [1.54, 1.807) is 0 Å². The minimum Gasteiger partial charge on any atom is -0.362 e. The zero-order chi connectivity index (χ0) is 13.0. The van der Waals surface area contributed by atoms with E-state index in [2.05, 4.69) is 5.32 Å². The van der Waals surface area contributed by atoms with Gasteiger partial charge in [-0.05, 0) is 30.7 Å². The Morgan fingerprint density at radius 3 is 2.72 bits per heavy atom. The number of rotatable bonds is 3. The molecule has 1 aliphatic heterocycles. The smallest absolute Gasteiger partial charge is 0.239 e. The second-order valence-electron chi connectivity index (χ2n) is 4.45. The predicted molar refractivity (Wildman–Crippen MR) is 70.9 cm³/mol. The monoisotopic (exact) mass is 246 g/mol. The maximum Gasteiger partial charge on any atom is 0.239 e. The van der Waals surface area contributed by atoms with Crippen LogP contribution in [0.25, 0.3) is 0 Å². The van der Waals surface area contributed by atoms with Crippen LogP contribution in [0.15, 0.2) is 24.3 Å². The summed E-state index contributed by atoms with van der Waals surface area (Å²) in [6.07, 6.45) is 1.47. The van der Waals surface area contributed by atoms with Gasteiger partial charge in [0.1, 0.15) is 0 Å². The Bertz CT molecular complexity index is 440. The van der Waals surface area contributed by atoms with E-state index in [-0.39, 0.29) is 11.7 Å². The molecule has 2 rings (SSSR count). The molecule has 0 unspecified atom stereocenters. The van der Waals surface area contributed by atoms with E-state index in [1.165, 1.54) is 0 Å². The van der Waals surface area contributed by atoms with Crippen molar-refractivity contribution in [3.05, 3.63) is 29.8 Å². The standard InChI is InChI=1S/C14H18N2O2/c1-2-13(17)11-4-6-12(7-5-11)16-9-3-8-15-14(18)10-16/h4-7H,2-3,8-10H2,1H3,(H,15,18). The quantitative estimate of drug-likeness (QED) is 0.824. The first kappa shape index (κ1) is 12.6. The zero-order valence-corrected chi connectivity index (χ0v) is 10.6. The third kappa shape index (κ3) is 2.88. The Labute approximate surface area is 107 Å². The molecule has 1 saturated heterocycles. The van der Waals surface area contributed by atoms with Gasteiger partial charge in [0, 0.05) is 30.8 Å². The van der Waals surface area contributed by atoms with Crippen LogP contribution in [0.1, 0.15) is 30.1 Å². The molecule has 0 atom stereocenters. The molecule has 1 heterocycles. The molecule has 96 valence electrons. The minimum atomic E-state index is 0.0567. The molecule has 0 aromatic heterocycles. The number of benzene rings is 1. The first-order valence-corrected chi connectivity index (χ1v) is 6.35. The van der Waals surface area contributed by atoms with Crippen LogP contribution in [0.2, 0.25) is 0 Å². The van der Waals surface area contributed by atoms with E-state index in [0.717, 1.165) is 30.8 Å². The normalized spacial score (nSPS) is 16.1. The lowest BCUT2D eigenvalue weighted by Gasteiger charge is -2.21. The highest BCUT2D eigenvalue weighted by molar-refractivity contribution is 5.96. The highest BCUT2D eigenvalue weighted by Gasteiger charge is 2.15. The lowest BCUT2D eigenvalue weighted by atomic mass is 10.1. The number of ketones is 1. The number of nitrogens with zero attached hydrogens (tertiary/aromatic N) is 1. The zero-order valence-electron chi connectivity index (χ0n) is 10.6. The van der Waals surface area contributed by atoms with Crippen LogP contribution in [0.4, 0.5) is 5.69 Å². The Morgan fingerprint density at radius 2 is 2.06 bits per heavy atom. The summed E-state index contributed by atoms with van der Waals surface area (Å²) in [5.41, 5.74) is 1.74. The van der Waals surface area contributed by atoms with E-state index < -0.39 is 0 Å². The first-order chi connectivity index (χ1) is 8.70. The van der Waals surface area contributed by atoms with Gasteiger partial charge in [-0.25, -0.2) is 0 Å². The van der Waals surface area contributed by atoms with E-state index in [4.69, 9.17) is 0 Å². The van der Waals surface area contributed by atoms with Crippen LogP contribution >= 0.6 is 0 Å². The number of hydrogen-bond donors (Lipinski definition) is 1. The molecule has 0 aliphatic carbocycles. The number of hydrogen-bond acceptors (Lipinski definition) is 3. The number of carbonyl (C=O) groups is 2. The summed E-state index contributed by atoms with van der Waals surface area (Å²) in [5.74, 6) is 0.205. The third-order valence-electron chi connectivity index (χ3n) is 3.14. The Kier molecular flexibility index (Phi) is 3.97. The SMILES string of the molecule is CCC(=O)c1ccc(N2CCCNC(=O)C2)cc1. The molecule has 1 aromatic carbocycles. The van der Waals surface area contributed by atoms with Crippen molar-refractivity contribution >= 4 is 17.4 Å². The Balaban J connectivity index is 2.13. The topological polar surface area (TPSA) is 49.4 Å². The summed E-state index contributed by atoms with van der Waals surface area (Å²) in [6, 6.07) is 7.51. The highest BCUT2D eigenvalue weighted by atomic mass is 16.2. The minimum absolute atomic E-state index is 0.0567. The second-order valence-corrected chi connectivity index (χ2v) is 4.45. The van der Waals surface area contributed by atoms with Gasteiger partial charge < -0.3 is 10.2 Å². The van der Waals surface area contributed by atoms with Crippen LogP contribution in [0.3, 0.4) is 0 Å². The number of Topliss-reactive ketones (excluding diaryl/α,β-unsaturated/α-hetero) is 1. The predicted octanol–water partition coefficient (Wildman–Crippen LogP) is 1.61. The third-order valence-corrected chi connectivity index (χ3v) is 3.14. The molecule has 0 spiro atoms. The molecule has 0 saturated carbocycles. The molecule has 1 fully saturated rings. The highest BCUT2D eigenvalue weighted by Crippen LogP contribution is 2.17. The number of anilines is 1. The fourth-order valence-corrected chi connectivity index (χ4v) is 2.09. The lowest BCUT2D eigenvalue weighted by Crippen LogP contribution is -2.32. The van der Waals surface area contributed by atoms with Gasteiger partial charge in [0.05, 0.1) is 6.54 Å². The van der Waals surface area contributed by atoms with Gasteiger partial charge >= 0.3 is 0 Å². The molecule has 18 heavy (non-hydrogen) atoms. The van der Waals surface area contributed by atoms with Crippen molar-refractivity contribution in [1.29, 1.82) is 0 Å². The van der Waals surface area contributed by atoms with E-state index in [0.29, 0.717) is 13.0 Å². The maximum atomic E-state index is 11.5. The fourth-order valence-electron chi connectivity index (χ4n) is 2.09. The van der Waals surface area contributed by atoms with Crippen molar-refractivity contribution in [2.45, 2.75) is 19.8 Å². The molecule has 1 amide bonds. The van der Waals surface area contributed by atoms with Crippen LogP contribution in [0, 0.1) is 0 Å². The molecule has 1 aliphatic rings. The molecule has 1 aromatic rings. The van der Waals surface area contributed by atoms with Crippen molar-refractivity contribution in [3.63, 3.8) is 0 Å². The summed E-state index contributed by atoms with van der Waals surface area (Å²) < 4.78 is 0. The maximum absolute atomic E-state index is 11.5. The van der Waals surface area contributed by atoms with Crippen molar-refractivity contribution in [1.82, 2.24) is 5.32 Å². The molecule has 4 nitrogen and oxygen atoms in total. The van der Waals surface area contributed by atoms with Gasteiger partial charge in [0.15, 0.2) is 5.78 Å². The van der Waals surface area contributed by atoms with Crippen molar-refractivity contribution in [3.8, 4) is 0 Å². The molecule has 0 radical (unpaired) electrons. The van der Waals surface area contributed by atoms with Gasteiger partial charge in [-0.2, -0.15) is 0 Å². The lowest BCUT2D eigenvalue weighted by molar-refractivity contribution is -0.119. The van der Waals surface area contributed by atoms with Crippen LogP contribution in [0.5, 0.6) is 0 Å². The van der Waals surface area contributed by atoms with Gasteiger partial charge in [-0.1, -0.05) is 6.92 Å². The summed E-state index contributed by atoms with van der Waals surface area (Å²) in [4.78, 5) is 25.1. The van der Waals surface area contributed by atoms with E-state index in [1.807, 2.05) is 36.1 Å². The van der Waals surface area contributed by atoms with E-state index >= 15 is 0 Å². The largest absolute Gasteiger partial charge is 0.362 e. The van der Waals surface area contributed by atoms with Crippen LogP contribution in [-0.2, 0) is 4.79 Å². The average Bonchev–Trinajstić information content (AvgIpc) is 2.63. The summed E-state index contributed by atoms with van der Waals surface area (Å²) in [6.45, 7) is 3.85. The first-order valence-electron chi connectivity index (χ1n) is 6.35. The average molecular weight is 246 g/mol. The van der Waals surface area contributed by atoms with Gasteiger partial charge in [-0.15, -0.1) is 0 Å². The number of amides is 1. The van der Waals surface area contributed by atoms with E-state index in [9.17, 15) is 9.59 Å². The van der Waals surface area contributed by atoms with Crippen LogP contribution in [-0.4, -0.2) is 31.3 Å². The Morgan fingerprint density at radius 1 is 1.33 bits per heavy atom. The van der Waals surface area contributed by atoms with Crippen molar-refractivity contribution < 1.29 is 9.59 Å². The van der Waals surface area contributed by atoms with Crippen LogP contribution < -0.4 is 10.2 Å². The fraction of sp³-hybridized carbons (Fsp3) is 0.429. The number of nitrogens with one attached hydrogen (secondary N) is 1. The summed E-state index contributed by atoms with van der Waals surface area (Å²) in [5, 5.41) is 2.85. The van der Waals surface area contributed by atoms with Gasteiger partial charge in [-0.3, -0.25) is 9.59 Å².